The van der Waals surface area contributed by atoms with Crippen molar-refractivity contribution in [3.05, 3.63) is 11.7 Å². The molecule has 0 spiro atoms. The van der Waals surface area contributed by atoms with Gasteiger partial charge in [0.05, 0.1) is 6.54 Å². The van der Waals surface area contributed by atoms with Crippen LogP contribution >= 0.6 is 0 Å². The Morgan fingerprint density at radius 3 is 2.95 bits per heavy atom. The van der Waals surface area contributed by atoms with Crippen LogP contribution in [0.1, 0.15) is 45.3 Å². The number of rotatable bonds is 5. The molecule has 0 saturated carbocycles. The van der Waals surface area contributed by atoms with E-state index in [1.807, 2.05) is 0 Å². The molecule has 1 aliphatic rings. The molecule has 1 fully saturated rings. The van der Waals surface area contributed by atoms with Crippen molar-refractivity contribution >= 4 is 0 Å². The summed E-state index contributed by atoms with van der Waals surface area (Å²) in [5.74, 6) is 2.86. The van der Waals surface area contributed by atoms with Crippen LogP contribution < -0.4 is 5.73 Å². The summed E-state index contributed by atoms with van der Waals surface area (Å²) in [5.41, 5.74) is 5.87. The van der Waals surface area contributed by atoms with Crippen molar-refractivity contribution < 1.29 is 4.52 Å². The number of aromatic nitrogens is 2. The van der Waals surface area contributed by atoms with Crippen molar-refractivity contribution in [1.29, 1.82) is 0 Å². The lowest BCUT2D eigenvalue weighted by atomic mass is 9.92. The van der Waals surface area contributed by atoms with Crippen LogP contribution in [-0.2, 0) is 13.0 Å². The molecule has 5 heteroatoms. The average Bonchev–Trinajstić information content (AvgIpc) is 2.78. The van der Waals surface area contributed by atoms with Gasteiger partial charge in [0.1, 0.15) is 0 Å². The first-order valence-corrected chi connectivity index (χ1v) is 7.34. The summed E-state index contributed by atoms with van der Waals surface area (Å²) >= 11 is 0. The predicted molar refractivity (Wildman–Crippen MR) is 74.5 cm³/mol. The summed E-state index contributed by atoms with van der Waals surface area (Å²) in [6, 6.07) is 0.454. The molecule has 1 saturated heterocycles. The van der Waals surface area contributed by atoms with Gasteiger partial charge in [0.2, 0.25) is 5.89 Å². The molecule has 1 aliphatic heterocycles. The second kappa shape index (κ2) is 6.48. The second-order valence-electron chi connectivity index (χ2n) is 6.19. The van der Waals surface area contributed by atoms with Crippen LogP contribution in [0.15, 0.2) is 4.52 Å². The minimum absolute atomic E-state index is 0.454. The van der Waals surface area contributed by atoms with Crippen LogP contribution in [-0.4, -0.2) is 34.2 Å². The third kappa shape index (κ3) is 4.01. The van der Waals surface area contributed by atoms with E-state index in [0.29, 0.717) is 18.5 Å². The fraction of sp³-hybridized carbons (Fsp3) is 0.857. The summed E-state index contributed by atoms with van der Waals surface area (Å²) in [6.45, 7) is 9.16. The molecule has 5 nitrogen and oxygen atoms in total. The predicted octanol–water partition coefficient (Wildman–Crippen LogP) is 1.83. The Morgan fingerprint density at radius 2 is 2.26 bits per heavy atom. The Labute approximate surface area is 115 Å². The van der Waals surface area contributed by atoms with Gasteiger partial charge in [0, 0.05) is 19.0 Å². The van der Waals surface area contributed by atoms with Crippen molar-refractivity contribution in [2.24, 2.45) is 17.6 Å². The SMILES string of the molecule is CC(C)Cc1nc(CN2CCC(C)CC2CN)no1. The summed E-state index contributed by atoms with van der Waals surface area (Å²) < 4.78 is 5.29. The van der Waals surface area contributed by atoms with Gasteiger partial charge >= 0.3 is 0 Å². The molecule has 0 radical (unpaired) electrons. The zero-order valence-corrected chi connectivity index (χ0v) is 12.3. The van der Waals surface area contributed by atoms with Gasteiger partial charge in [-0.15, -0.1) is 0 Å². The van der Waals surface area contributed by atoms with Crippen LogP contribution in [0, 0.1) is 11.8 Å². The Balaban J connectivity index is 1.94. The lowest BCUT2D eigenvalue weighted by molar-refractivity contribution is 0.111. The minimum Gasteiger partial charge on any atom is -0.339 e. The Kier molecular flexibility index (Phi) is 4.93. The van der Waals surface area contributed by atoms with E-state index in [2.05, 4.69) is 35.8 Å². The number of piperidine rings is 1. The Hall–Kier alpha value is -0.940. The molecule has 0 bridgehead atoms. The normalized spacial score (nSPS) is 25.1. The van der Waals surface area contributed by atoms with Crippen molar-refractivity contribution in [2.75, 3.05) is 13.1 Å². The maximum absolute atomic E-state index is 5.87. The number of nitrogens with two attached hydrogens (primary N) is 1. The molecule has 1 aromatic rings. The van der Waals surface area contributed by atoms with E-state index in [4.69, 9.17) is 10.3 Å². The Bertz CT molecular complexity index is 391. The molecule has 19 heavy (non-hydrogen) atoms. The second-order valence-corrected chi connectivity index (χ2v) is 6.19. The standard InChI is InChI=1S/C14H26N4O/c1-10(2)6-14-16-13(17-19-14)9-18-5-4-11(3)7-12(18)8-15/h10-12H,4-9,15H2,1-3H3. The van der Waals surface area contributed by atoms with Gasteiger partial charge in [-0.3, -0.25) is 4.90 Å². The lowest BCUT2D eigenvalue weighted by Crippen LogP contribution is -2.45. The molecule has 0 amide bonds. The van der Waals surface area contributed by atoms with Gasteiger partial charge in [-0.2, -0.15) is 4.98 Å². The quantitative estimate of drug-likeness (QED) is 0.880. The van der Waals surface area contributed by atoms with Crippen LogP contribution in [0.4, 0.5) is 0 Å². The third-order valence-corrected chi connectivity index (χ3v) is 3.81. The molecule has 2 N–H and O–H groups in total. The number of likely N-dealkylation sites (tertiary alicyclic amines) is 1. The number of hydrogen-bond donors (Lipinski definition) is 1. The smallest absolute Gasteiger partial charge is 0.226 e. The van der Waals surface area contributed by atoms with E-state index in [1.165, 1.54) is 12.8 Å². The van der Waals surface area contributed by atoms with Crippen LogP contribution in [0.25, 0.3) is 0 Å². The van der Waals surface area contributed by atoms with Crippen molar-refractivity contribution in [3.8, 4) is 0 Å². The third-order valence-electron chi connectivity index (χ3n) is 3.81. The van der Waals surface area contributed by atoms with Gasteiger partial charge < -0.3 is 10.3 Å². The van der Waals surface area contributed by atoms with Gasteiger partial charge in [-0.25, -0.2) is 0 Å². The van der Waals surface area contributed by atoms with E-state index in [1.54, 1.807) is 0 Å². The zero-order valence-electron chi connectivity index (χ0n) is 12.3. The monoisotopic (exact) mass is 266 g/mol. The molecule has 2 unspecified atom stereocenters. The highest BCUT2D eigenvalue weighted by molar-refractivity contribution is 4.90. The molecule has 2 rings (SSSR count). The van der Waals surface area contributed by atoms with Crippen LogP contribution in [0.3, 0.4) is 0 Å². The summed E-state index contributed by atoms with van der Waals surface area (Å²) in [6.07, 6.45) is 3.25. The highest BCUT2D eigenvalue weighted by atomic mass is 16.5. The topological polar surface area (TPSA) is 68.2 Å². The average molecular weight is 266 g/mol. The van der Waals surface area contributed by atoms with Gasteiger partial charge in [0.25, 0.3) is 0 Å². The van der Waals surface area contributed by atoms with E-state index in [9.17, 15) is 0 Å². The molecular weight excluding hydrogens is 240 g/mol. The number of hydrogen-bond acceptors (Lipinski definition) is 5. The van der Waals surface area contributed by atoms with E-state index < -0.39 is 0 Å². The number of nitrogens with zero attached hydrogens (tertiary/aromatic N) is 3. The van der Waals surface area contributed by atoms with E-state index in [0.717, 1.165) is 37.1 Å². The largest absolute Gasteiger partial charge is 0.339 e. The first kappa shape index (κ1) is 14.5. The molecule has 108 valence electrons. The zero-order chi connectivity index (χ0) is 13.8. The molecule has 0 aromatic carbocycles. The van der Waals surface area contributed by atoms with Crippen LogP contribution in [0.5, 0.6) is 0 Å². The summed E-state index contributed by atoms with van der Waals surface area (Å²) in [4.78, 5) is 6.86. The maximum atomic E-state index is 5.87. The Morgan fingerprint density at radius 1 is 1.47 bits per heavy atom. The van der Waals surface area contributed by atoms with Crippen LogP contribution in [0.2, 0.25) is 0 Å². The highest BCUT2D eigenvalue weighted by Gasteiger charge is 2.26. The van der Waals surface area contributed by atoms with E-state index in [-0.39, 0.29) is 0 Å². The van der Waals surface area contributed by atoms with Gasteiger partial charge in [-0.1, -0.05) is 25.9 Å². The fourth-order valence-electron chi connectivity index (χ4n) is 2.72. The summed E-state index contributed by atoms with van der Waals surface area (Å²) in [7, 11) is 0. The molecule has 0 aliphatic carbocycles. The maximum Gasteiger partial charge on any atom is 0.226 e. The van der Waals surface area contributed by atoms with Gasteiger partial charge in [-0.05, 0) is 31.2 Å². The first-order valence-electron chi connectivity index (χ1n) is 7.34. The lowest BCUT2D eigenvalue weighted by Gasteiger charge is -2.37. The van der Waals surface area contributed by atoms with E-state index >= 15 is 0 Å². The first-order chi connectivity index (χ1) is 9.08. The summed E-state index contributed by atoms with van der Waals surface area (Å²) in [5, 5.41) is 4.08. The molecular formula is C14H26N4O. The van der Waals surface area contributed by atoms with Crippen molar-refractivity contribution in [1.82, 2.24) is 15.0 Å². The highest BCUT2D eigenvalue weighted by Crippen LogP contribution is 2.23. The van der Waals surface area contributed by atoms with Gasteiger partial charge in [0.15, 0.2) is 5.82 Å². The van der Waals surface area contributed by atoms with Crippen molar-refractivity contribution in [2.45, 2.75) is 52.6 Å². The van der Waals surface area contributed by atoms with Crippen molar-refractivity contribution in [3.63, 3.8) is 0 Å². The molecule has 1 aromatic heterocycles. The fourth-order valence-corrected chi connectivity index (χ4v) is 2.72. The minimum atomic E-state index is 0.454. The molecule has 2 atom stereocenters. The molecule has 2 heterocycles.